The van der Waals surface area contributed by atoms with Gasteiger partial charge in [0.05, 0.1) is 14.2 Å². The van der Waals surface area contributed by atoms with Gasteiger partial charge < -0.3 is 15.2 Å². The van der Waals surface area contributed by atoms with Crippen molar-refractivity contribution < 1.29 is 14.3 Å². The molecule has 0 spiro atoms. The second-order valence-corrected chi connectivity index (χ2v) is 11.2. The molecule has 0 aliphatic carbocycles. The van der Waals surface area contributed by atoms with Gasteiger partial charge in [-0.05, 0) is 48.5 Å². The third kappa shape index (κ3) is 4.10. The van der Waals surface area contributed by atoms with E-state index in [0.29, 0.717) is 11.5 Å². The molecule has 0 saturated carbocycles. The predicted octanol–water partition coefficient (Wildman–Crippen LogP) is 4.22. The average molecular weight is 457 g/mol. The lowest BCUT2D eigenvalue weighted by Gasteiger charge is -2.33. The molecule has 1 unspecified atom stereocenters. The fourth-order valence-corrected chi connectivity index (χ4v) is 9.19. The Morgan fingerprint density at radius 1 is 0.667 bits per heavy atom. The standard InChI is InChI=1S/C28H26NO3P/c1-31-25-19-18-21(20-26(25)32-2)27(28(29)30)33(22-12-6-3-7-13-22,23-14-8-4-9-15-23)24-16-10-5-11-17-24/h3-20,27H,1-2H3,(H-,29,30)/p+1. The van der Waals surface area contributed by atoms with Gasteiger partial charge in [0.15, 0.2) is 17.2 Å². The highest BCUT2D eigenvalue weighted by atomic mass is 31.2. The summed E-state index contributed by atoms with van der Waals surface area (Å²) in [7, 11) is 0.621. The minimum atomic E-state index is -2.57. The number of methoxy groups -OCH3 is 2. The van der Waals surface area contributed by atoms with Crippen LogP contribution in [0, 0.1) is 0 Å². The number of nitrogens with two attached hydrogens (primary N) is 1. The maximum absolute atomic E-state index is 13.4. The first-order valence-electron chi connectivity index (χ1n) is 10.7. The Bertz CT molecular complexity index is 1120. The second-order valence-electron chi connectivity index (χ2n) is 7.65. The predicted molar refractivity (Wildman–Crippen MR) is 137 cm³/mol. The summed E-state index contributed by atoms with van der Waals surface area (Å²) in [6.07, 6.45) is 0. The number of carbonyl (C=O) groups is 1. The normalized spacial score (nSPS) is 12.1. The van der Waals surface area contributed by atoms with E-state index in [1.807, 2.05) is 72.8 Å². The van der Waals surface area contributed by atoms with Crippen LogP contribution in [0.15, 0.2) is 109 Å². The van der Waals surface area contributed by atoms with Crippen LogP contribution in [0.4, 0.5) is 0 Å². The van der Waals surface area contributed by atoms with E-state index in [9.17, 15) is 4.79 Å². The lowest BCUT2D eigenvalue weighted by Crippen LogP contribution is -2.40. The topological polar surface area (TPSA) is 61.5 Å². The Balaban J connectivity index is 2.12. The third-order valence-electron chi connectivity index (χ3n) is 5.87. The first-order chi connectivity index (χ1) is 16.1. The Morgan fingerprint density at radius 2 is 1.09 bits per heavy atom. The molecule has 1 atom stereocenters. The van der Waals surface area contributed by atoms with Crippen molar-refractivity contribution >= 4 is 29.1 Å². The van der Waals surface area contributed by atoms with Crippen LogP contribution >= 0.6 is 7.26 Å². The molecular weight excluding hydrogens is 429 g/mol. The summed E-state index contributed by atoms with van der Waals surface area (Å²) in [4.78, 5) is 13.4. The van der Waals surface area contributed by atoms with E-state index in [2.05, 4.69) is 36.4 Å². The molecule has 0 heterocycles. The molecule has 5 heteroatoms. The summed E-state index contributed by atoms with van der Waals surface area (Å²) in [5.74, 6) is 0.785. The van der Waals surface area contributed by atoms with Crippen LogP contribution in [0.5, 0.6) is 11.5 Å². The molecule has 0 saturated heterocycles. The molecule has 1 amide bonds. The smallest absolute Gasteiger partial charge is 0.264 e. The quantitative estimate of drug-likeness (QED) is 0.404. The van der Waals surface area contributed by atoms with E-state index in [1.165, 1.54) is 0 Å². The fraction of sp³-hybridized carbons (Fsp3) is 0.107. The van der Waals surface area contributed by atoms with Crippen LogP contribution < -0.4 is 31.1 Å². The molecule has 0 radical (unpaired) electrons. The van der Waals surface area contributed by atoms with Gasteiger partial charge in [-0.2, -0.15) is 0 Å². The molecule has 4 aromatic rings. The van der Waals surface area contributed by atoms with Crippen molar-refractivity contribution in [2.75, 3.05) is 14.2 Å². The highest BCUT2D eigenvalue weighted by Crippen LogP contribution is 2.66. The molecule has 166 valence electrons. The van der Waals surface area contributed by atoms with Crippen molar-refractivity contribution in [2.24, 2.45) is 5.73 Å². The van der Waals surface area contributed by atoms with E-state index >= 15 is 0 Å². The molecule has 4 nitrogen and oxygen atoms in total. The first-order valence-corrected chi connectivity index (χ1v) is 12.6. The van der Waals surface area contributed by atoms with E-state index < -0.39 is 12.9 Å². The molecule has 2 N–H and O–H groups in total. The number of amides is 1. The maximum Gasteiger partial charge on any atom is 0.264 e. The third-order valence-corrected chi connectivity index (χ3v) is 10.5. The maximum atomic E-state index is 13.4. The summed E-state index contributed by atoms with van der Waals surface area (Å²) in [6, 6.07) is 36.3. The zero-order valence-electron chi connectivity index (χ0n) is 18.7. The highest BCUT2D eigenvalue weighted by molar-refractivity contribution is 7.96. The summed E-state index contributed by atoms with van der Waals surface area (Å²) in [5, 5.41) is 3.25. The molecule has 0 aliphatic heterocycles. The number of hydrogen-bond acceptors (Lipinski definition) is 3. The minimum absolute atomic E-state index is 0.382. The fourth-order valence-electron chi connectivity index (χ4n) is 4.49. The zero-order chi connectivity index (χ0) is 23.3. The van der Waals surface area contributed by atoms with Crippen molar-refractivity contribution in [1.82, 2.24) is 0 Å². The molecular formula is C28H27NO3P+. The molecule has 33 heavy (non-hydrogen) atoms. The van der Waals surface area contributed by atoms with Gasteiger partial charge >= 0.3 is 0 Å². The van der Waals surface area contributed by atoms with Crippen LogP contribution in [0.2, 0.25) is 0 Å². The molecule has 0 aliphatic rings. The van der Waals surface area contributed by atoms with Gasteiger partial charge in [-0.1, -0.05) is 60.7 Å². The van der Waals surface area contributed by atoms with Gasteiger partial charge in [0.2, 0.25) is 0 Å². The Morgan fingerprint density at radius 3 is 1.45 bits per heavy atom. The van der Waals surface area contributed by atoms with E-state index in [0.717, 1.165) is 21.5 Å². The molecule has 0 aromatic heterocycles. The number of benzene rings is 4. The Labute approximate surface area is 195 Å². The van der Waals surface area contributed by atoms with E-state index in [4.69, 9.17) is 15.2 Å². The summed E-state index contributed by atoms with van der Waals surface area (Å²) in [6.45, 7) is 0. The van der Waals surface area contributed by atoms with E-state index in [1.54, 1.807) is 14.2 Å². The van der Waals surface area contributed by atoms with Crippen molar-refractivity contribution in [3.63, 3.8) is 0 Å². The lowest BCUT2D eigenvalue weighted by atomic mass is 10.1. The molecule has 0 fully saturated rings. The van der Waals surface area contributed by atoms with Gasteiger partial charge in [0.25, 0.3) is 5.91 Å². The summed E-state index contributed by atoms with van der Waals surface area (Å²) >= 11 is 0. The van der Waals surface area contributed by atoms with Crippen LogP contribution in [0.1, 0.15) is 11.2 Å². The second kappa shape index (κ2) is 9.89. The molecule has 0 bridgehead atoms. The van der Waals surface area contributed by atoms with Gasteiger partial charge in [-0.15, -0.1) is 0 Å². The Kier molecular flexibility index (Phi) is 6.76. The largest absolute Gasteiger partial charge is 0.493 e. The number of primary amides is 1. The van der Waals surface area contributed by atoms with E-state index in [-0.39, 0.29) is 5.91 Å². The van der Waals surface area contributed by atoms with Crippen molar-refractivity contribution in [1.29, 1.82) is 0 Å². The molecule has 4 aromatic carbocycles. The summed E-state index contributed by atoms with van der Waals surface area (Å²) < 4.78 is 11.0. The van der Waals surface area contributed by atoms with Gasteiger partial charge in [0, 0.05) is 5.56 Å². The van der Waals surface area contributed by atoms with Gasteiger partial charge in [0.1, 0.15) is 23.2 Å². The monoisotopic (exact) mass is 456 g/mol. The van der Waals surface area contributed by atoms with Gasteiger partial charge in [-0.25, -0.2) is 0 Å². The SMILES string of the molecule is COc1ccc(C(C(N)=O)[P+](c2ccccc2)(c2ccccc2)c2ccccc2)cc1OC. The lowest BCUT2D eigenvalue weighted by molar-refractivity contribution is -0.117. The highest BCUT2D eigenvalue weighted by Gasteiger charge is 2.56. The van der Waals surface area contributed by atoms with Crippen LogP contribution in [-0.2, 0) is 4.79 Å². The summed E-state index contributed by atoms with van der Waals surface area (Å²) in [5.41, 5.74) is 6.44. The van der Waals surface area contributed by atoms with Gasteiger partial charge in [-0.3, -0.25) is 4.79 Å². The van der Waals surface area contributed by atoms with Crippen molar-refractivity contribution in [3.8, 4) is 11.5 Å². The first kappa shape index (κ1) is 22.6. The number of carbonyl (C=O) groups excluding carboxylic acids is 1. The Hall–Kier alpha value is -3.62. The van der Waals surface area contributed by atoms with Crippen LogP contribution in [0.3, 0.4) is 0 Å². The van der Waals surface area contributed by atoms with Crippen molar-refractivity contribution in [2.45, 2.75) is 5.66 Å². The minimum Gasteiger partial charge on any atom is -0.493 e. The zero-order valence-corrected chi connectivity index (χ0v) is 19.6. The molecule has 4 rings (SSSR count). The number of hydrogen-bond donors (Lipinski definition) is 1. The van der Waals surface area contributed by atoms with Crippen molar-refractivity contribution in [3.05, 3.63) is 115 Å². The number of ether oxygens (including phenoxy) is 2. The number of rotatable bonds is 8. The van der Waals surface area contributed by atoms with Crippen LogP contribution in [-0.4, -0.2) is 20.1 Å². The van der Waals surface area contributed by atoms with Crippen LogP contribution in [0.25, 0.3) is 0 Å². The average Bonchev–Trinajstić information content (AvgIpc) is 2.88.